The predicted molar refractivity (Wildman–Crippen MR) is 75.0 cm³/mol. The van der Waals surface area contributed by atoms with Crippen molar-refractivity contribution in [1.29, 1.82) is 0 Å². The van der Waals surface area contributed by atoms with Crippen molar-refractivity contribution in [1.82, 2.24) is 4.90 Å². The number of nitrogens with zero attached hydrogens (tertiary/aromatic N) is 1. The number of carbonyl (C=O) groups excluding carboxylic acids is 2. The Morgan fingerprint density at radius 3 is 2.55 bits per heavy atom. The van der Waals surface area contributed by atoms with Gasteiger partial charge < -0.3 is 10.5 Å². The fourth-order valence-electron chi connectivity index (χ4n) is 2.39. The van der Waals surface area contributed by atoms with Gasteiger partial charge in [0.15, 0.2) is 0 Å². The summed E-state index contributed by atoms with van der Waals surface area (Å²) in [6.07, 6.45) is 0.190. The Balaban J connectivity index is 2.32. The van der Waals surface area contributed by atoms with E-state index in [0.29, 0.717) is 13.0 Å². The Kier molecular flexibility index (Phi) is 3.70. The molecule has 2 rings (SSSR count). The fourth-order valence-corrected chi connectivity index (χ4v) is 2.39. The lowest BCUT2D eigenvalue weighted by Gasteiger charge is -2.36. The summed E-state index contributed by atoms with van der Waals surface area (Å²) in [6, 6.07) is 6.79. The highest BCUT2D eigenvalue weighted by Crippen LogP contribution is 2.30. The van der Waals surface area contributed by atoms with Crippen LogP contribution in [0.5, 0.6) is 0 Å². The molecule has 0 aromatic heterocycles. The van der Waals surface area contributed by atoms with Crippen LogP contribution in [0, 0.1) is 0 Å². The first kappa shape index (κ1) is 14.4. The number of ether oxygens (including phenoxy) is 1. The van der Waals surface area contributed by atoms with E-state index in [2.05, 4.69) is 0 Å². The molecule has 20 heavy (non-hydrogen) atoms. The second kappa shape index (κ2) is 5.15. The second-order valence-electron chi connectivity index (χ2n) is 5.93. The highest BCUT2D eigenvalue weighted by molar-refractivity contribution is 5.86. The smallest absolute Gasteiger partial charge is 0.411 e. The van der Waals surface area contributed by atoms with E-state index in [1.807, 2.05) is 24.3 Å². The van der Waals surface area contributed by atoms with E-state index in [0.717, 1.165) is 11.1 Å². The van der Waals surface area contributed by atoms with E-state index in [9.17, 15) is 9.59 Å². The van der Waals surface area contributed by atoms with Crippen LogP contribution in [0.3, 0.4) is 0 Å². The third-order valence-electron chi connectivity index (χ3n) is 3.18. The summed E-state index contributed by atoms with van der Waals surface area (Å²) in [5.41, 5.74) is 6.73. The molecule has 0 saturated heterocycles. The van der Waals surface area contributed by atoms with Crippen molar-refractivity contribution in [3.05, 3.63) is 35.4 Å². The van der Waals surface area contributed by atoms with E-state index in [1.54, 1.807) is 20.8 Å². The summed E-state index contributed by atoms with van der Waals surface area (Å²) < 4.78 is 5.35. The SMILES string of the molecule is CC(C)(C)OC(=O)N1CCc2ccccc2[C@@H]1C(N)=O. The molecule has 108 valence electrons. The molecule has 0 spiro atoms. The van der Waals surface area contributed by atoms with Crippen molar-refractivity contribution in [2.24, 2.45) is 5.73 Å². The lowest BCUT2D eigenvalue weighted by molar-refractivity contribution is -0.123. The van der Waals surface area contributed by atoms with Gasteiger partial charge in [0.05, 0.1) is 0 Å². The molecule has 0 fully saturated rings. The zero-order valence-electron chi connectivity index (χ0n) is 12.1. The van der Waals surface area contributed by atoms with Gasteiger partial charge in [-0.3, -0.25) is 9.69 Å². The number of rotatable bonds is 1. The maximum atomic E-state index is 12.2. The van der Waals surface area contributed by atoms with E-state index < -0.39 is 23.6 Å². The van der Waals surface area contributed by atoms with Gasteiger partial charge in [-0.15, -0.1) is 0 Å². The Morgan fingerprint density at radius 2 is 1.95 bits per heavy atom. The minimum absolute atomic E-state index is 0.430. The normalized spacial score (nSPS) is 18.4. The Hall–Kier alpha value is -2.04. The quantitative estimate of drug-likeness (QED) is 0.852. The summed E-state index contributed by atoms with van der Waals surface area (Å²) in [5.74, 6) is -0.539. The van der Waals surface area contributed by atoms with Gasteiger partial charge in [0, 0.05) is 6.54 Å². The average molecular weight is 276 g/mol. The van der Waals surface area contributed by atoms with Crippen molar-refractivity contribution in [2.45, 2.75) is 38.8 Å². The largest absolute Gasteiger partial charge is 0.444 e. The minimum atomic E-state index is -0.755. The highest BCUT2D eigenvalue weighted by Gasteiger charge is 2.36. The van der Waals surface area contributed by atoms with Crippen LogP contribution in [-0.4, -0.2) is 29.0 Å². The summed E-state index contributed by atoms with van der Waals surface area (Å²) in [5, 5.41) is 0. The molecule has 1 aromatic carbocycles. The van der Waals surface area contributed by atoms with Gasteiger partial charge in [0.1, 0.15) is 11.6 Å². The second-order valence-corrected chi connectivity index (χ2v) is 5.93. The molecule has 0 aliphatic carbocycles. The number of amides is 2. The summed E-state index contributed by atoms with van der Waals surface area (Å²) in [4.78, 5) is 25.4. The molecule has 0 unspecified atom stereocenters. The van der Waals surface area contributed by atoms with Crippen LogP contribution in [0.15, 0.2) is 24.3 Å². The molecule has 1 aliphatic heterocycles. The number of primary amides is 1. The molecule has 5 heteroatoms. The third-order valence-corrected chi connectivity index (χ3v) is 3.18. The molecule has 0 bridgehead atoms. The number of hydrogen-bond donors (Lipinski definition) is 1. The molecule has 0 saturated carbocycles. The maximum absolute atomic E-state index is 12.2. The summed E-state index contributed by atoms with van der Waals surface area (Å²) in [7, 11) is 0. The Morgan fingerprint density at radius 1 is 1.30 bits per heavy atom. The summed E-state index contributed by atoms with van der Waals surface area (Å²) >= 11 is 0. The Bertz CT molecular complexity index is 534. The van der Waals surface area contributed by atoms with E-state index in [-0.39, 0.29) is 0 Å². The number of nitrogens with two attached hydrogens (primary N) is 1. The van der Waals surface area contributed by atoms with Gasteiger partial charge in [-0.1, -0.05) is 24.3 Å². The molecule has 1 aliphatic rings. The van der Waals surface area contributed by atoms with Gasteiger partial charge in [-0.05, 0) is 38.3 Å². The standard InChI is InChI=1S/C15H20N2O3/c1-15(2,3)20-14(19)17-9-8-10-6-4-5-7-11(10)12(17)13(16)18/h4-7,12H,8-9H2,1-3H3,(H2,16,18)/t12-/m1/s1. The topological polar surface area (TPSA) is 72.6 Å². The van der Waals surface area contributed by atoms with E-state index >= 15 is 0 Å². The molecule has 1 atom stereocenters. The van der Waals surface area contributed by atoms with E-state index in [1.165, 1.54) is 4.90 Å². The molecule has 1 aromatic rings. The Labute approximate surface area is 118 Å². The summed E-state index contributed by atoms with van der Waals surface area (Å²) in [6.45, 7) is 5.81. The molecular formula is C15H20N2O3. The van der Waals surface area contributed by atoms with Crippen LogP contribution < -0.4 is 5.73 Å². The number of hydrogen-bond acceptors (Lipinski definition) is 3. The van der Waals surface area contributed by atoms with Crippen LogP contribution >= 0.6 is 0 Å². The molecule has 0 radical (unpaired) electrons. The molecule has 2 amide bonds. The van der Waals surface area contributed by atoms with Crippen molar-refractivity contribution >= 4 is 12.0 Å². The van der Waals surface area contributed by atoms with Gasteiger partial charge in [-0.2, -0.15) is 0 Å². The fraction of sp³-hybridized carbons (Fsp3) is 0.467. The highest BCUT2D eigenvalue weighted by atomic mass is 16.6. The van der Waals surface area contributed by atoms with Gasteiger partial charge in [0.2, 0.25) is 5.91 Å². The number of fused-ring (bicyclic) bond motifs is 1. The van der Waals surface area contributed by atoms with Gasteiger partial charge in [-0.25, -0.2) is 4.79 Å². The first-order chi connectivity index (χ1) is 9.29. The zero-order chi connectivity index (χ0) is 14.9. The van der Waals surface area contributed by atoms with Crippen molar-refractivity contribution in [2.75, 3.05) is 6.54 Å². The van der Waals surface area contributed by atoms with Crippen molar-refractivity contribution in [3.63, 3.8) is 0 Å². The lowest BCUT2D eigenvalue weighted by atomic mass is 9.92. The molecule has 2 N–H and O–H groups in total. The zero-order valence-corrected chi connectivity index (χ0v) is 12.1. The van der Waals surface area contributed by atoms with Crippen LogP contribution in [0.25, 0.3) is 0 Å². The number of benzene rings is 1. The first-order valence-electron chi connectivity index (χ1n) is 6.66. The molecule has 1 heterocycles. The predicted octanol–water partition coefficient (Wildman–Crippen LogP) is 2.01. The number of carbonyl (C=O) groups is 2. The van der Waals surface area contributed by atoms with Crippen LogP contribution in [0.2, 0.25) is 0 Å². The first-order valence-corrected chi connectivity index (χ1v) is 6.66. The van der Waals surface area contributed by atoms with E-state index in [4.69, 9.17) is 10.5 Å². The monoisotopic (exact) mass is 276 g/mol. The van der Waals surface area contributed by atoms with Crippen molar-refractivity contribution < 1.29 is 14.3 Å². The van der Waals surface area contributed by atoms with Crippen LogP contribution in [0.4, 0.5) is 4.79 Å². The van der Waals surface area contributed by atoms with Crippen molar-refractivity contribution in [3.8, 4) is 0 Å². The van der Waals surface area contributed by atoms with Gasteiger partial charge >= 0.3 is 6.09 Å². The minimum Gasteiger partial charge on any atom is -0.444 e. The van der Waals surface area contributed by atoms with Crippen LogP contribution in [0.1, 0.15) is 37.9 Å². The molecule has 5 nitrogen and oxygen atoms in total. The van der Waals surface area contributed by atoms with Crippen LogP contribution in [-0.2, 0) is 16.0 Å². The lowest BCUT2D eigenvalue weighted by Crippen LogP contribution is -2.47. The third kappa shape index (κ3) is 2.92. The molecular weight excluding hydrogens is 256 g/mol. The maximum Gasteiger partial charge on any atom is 0.411 e. The van der Waals surface area contributed by atoms with Gasteiger partial charge in [0.25, 0.3) is 0 Å². The average Bonchev–Trinajstić information content (AvgIpc) is 2.35.